The van der Waals surface area contributed by atoms with E-state index >= 15 is 0 Å². The molecule has 0 N–H and O–H groups in total. The number of hydrogen-bond acceptors (Lipinski definition) is 8. The average molecular weight is 769 g/mol. The summed E-state index contributed by atoms with van der Waals surface area (Å²) in [6, 6.07) is 34.1. The molecule has 0 radical (unpaired) electrons. The Morgan fingerprint density at radius 2 is 1.05 bits per heavy atom. The summed E-state index contributed by atoms with van der Waals surface area (Å²) >= 11 is 0. The van der Waals surface area contributed by atoms with Crippen LogP contribution in [0, 0.1) is 13.8 Å². The maximum absolute atomic E-state index is 13.5. The number of imide groups is 2. The molecule has 296 valence electrons. The lowest BCUT2D eigenvalue weighted by Crippen LogP contribution is -2.69. The Morgan fingerprint density at radius 1 is 0.614 bits per heavy atom. The molecule has 10 heteroatoms. The van der Waals surface area contributed by atoms with Crippen molar-refractivity contribution in [3.05, 3.63) is 168 Å². The lowest BCUT2D eigenvalue weighted by Gasteiger charge is -2.46. The molecule has 2 heterocycles. The summed E-state index contributed by atoms with van der Waals surface area (Å²) in [5.41, 5.74) is 2.78. The Morgan fingerprint density at radius 3 is 1.51 bits per heavy atom. The van der Waals surface area contributed by atoms with Crippen LogP contribution in [-0.4, -0.2) is 93.1 Å². The molecule has 0 spiro atoms. The highest BCUT2D eigenvalue weighted by atomic mass is 16.5. The average Bonchev–Trinajstić information content (AvgIpc) is 3.22. The highest BCUT2D eigenvalue weighted by Gasteiger charge is 2.54. The quantitative estimate of drug-likeness (QED) is 0.0712. The van der Waals surface area contributed by atoms with E-state index in [1.54, 1.807) is 35.2 Å². The summed E-state index contributed by atoms with van der Waals surface area (Å²) in [5, 5.41) is 0. The van der Waals surface area contributed by atoms with Crippen molar-refractivity contribution in [3.63, 3.8) is 0 Å². The van der Waals surface area contributed by atoms with Gasteiger partial charge in [-0.15, -0.1) is 6.58 Å². The van der Waals surface area contributed by atoms with Crippen LogP contribution in [0.5, 0.6) is 0 Å². The number of carbonyl (C=O) groups is 5. The number of amides is 4. The maximum atomic E-state index is 13.5. The molecule has 4 aromatic rings. The molecule has 2 aliphatic heterocycles. The minimum absolute atomic E-state index is 0.00715. The summed E-state index contributed by atoms with van der Waals surface area (Å²) in [5.74, 6) is -2.07. The predicted octanol–water partition coefficient (Wildman–Crippen LogP) is 6.78. The van der Waals surface area contributed by atoms with E-state index in [-0.39, 0.29) is 25.0 Å². The van der Waals surface area contributed by atoms with E-state index in [4.69, 9.17) is 4.74 Å². The lowest BCUT2D eigenvalue weighted by molar-refractivity contribution is -0.169. The van der Waals surface area contributed by atoms with E-state index < -0.39 is 28.9 Å². The molecule has 10 nitrogen and oxygen atoms in total. The topological polar surface area (TPSA) is 108 Å². The summed E-state index contributed by atoms with van der Waals surface area (Å²) in [7, 11) is 0. The van der Waals surface area contributed by atoms with Crippen LogP contribution in [0.15, 0.2) is 135 Å². The van der Waals surface area contributed by atoms with Gasteiger partial charge < -0.3 is 4.74 Å². The van der Waals surface area contributed by atoms with Crippen LogP contribution >= 0.6 is 0 Å². The van der Waals surface area contributed by atoms with Crippen molar-refractivity contribution in [1.82, 2.24) is 19.6 Å². The number of benzene rings is 4. The maximum Gasteiger partial charge on any atom is 0.336 e. The Kier molecular flexibility index (Phi) is 13.9. The first-order valence-corrected chi connectivity index (χ1v) is 19.2. The lowest BCUT2D eigenvalue weighted by atomic mass is 9.90. The van der Waals surface area contributed by atoms with Crippen molar-refractivity contribution in [3.8, 4) is 0 Å². The second-order valence-electron chi connectivity index (χ2n) is 14.8. The minimum Gasteiger partial charge on any atom is -0.460 e. The Balaban J connectivity index is 0.000000219. The molecule has 4 amide bonds. The van der Waals surface area contributed by atoms with Gasteiger partial charge >= 0.3 is 5.97 Å². The third-order valence-electron chi connectivity index (χ3n) is 10.7. The second kappa shape index (κ2) is 18.8. The number of nitrogens with zero attached hydrogens (tertiary/aromatic N) is 4. The van der Waals surface area contributed by atoms with Gasteiger partial charge in [-0.1, -0.05) is 115 Å². The summed E-state index contributed by atoms with van der Waals surface area (Å²) in [4.78, 5) is 72.2. The Bertz CT molecular complexity index is 2070. The van der Waals surface area contributed by atoms with E-state index in [9.17, 15) is 24.0 Å². The van der Waals surface area contributed by atoms with Crippen molar-refractivity contribution >= 4 is 29.6 Å². The fraction of sp³-hybridized carbons (Fsp3) is 0.298. The van der Waals surface area contributed by atoms with Crippen LogP contribution < -0.4 is 0 Å². The first kappa shape index (κ1) is 42.2. The molecule has 6 rings (SSSR count). The second-order valence-corrected chi connectivity index (χ2v) is 14.8. The van der Waals surface area contributed by atoms with Crippen LogP contribution in [0.25, 0.3) is 0 Å². The standard InChI is InChI=1S/C24H26N2O4.C23H26N2O2/c1-4-16-30-23(29)24(3)22(28)26(21(27)20-12-10-18(2)11-13-20)15-14-25(24)17-19-8-6-5-7-9-19;1-4-14-23(3)22(27)25(21(26)20-12-10-18(2)11-13-20)16-15-24(23)17-19-8-6-5-7-9-19/h4-13H,1,14-17H2,2-3H3;4-13H,1,14-17H2,2-3H3/t;23-/m.0/s1. The number of piperazine rings is 2. The predicted molar refractivity (Wildman–Crippen MR) is 221 cm³/mol. The largest absolute Gasteiger partial charge is 0.460 e. The third kappa shape index (κ3) is 9.53. The third-order valence-corrected chi connectivity index (χ3v) is 10.7. The Labute approximate surface area is 336 Å². The van der Waals surface area contributed by atoms with E-state index in [1.165, 1.54) is 17.9 Å². The monoisotopic (exact) mass is 768 g/mol. The van der Waals surface area contributed by atoms with E-state index in [0.717, 1.165) is 27.2 Å². The molecule has 2 atom stereocenters. The van der Waals surface area contributed by atoms with Gasteiger partial charge in [0, 0.05) is 50.4 Å². The van der Waals surface area contributed by atoms with Gasteiger partial charge in [-0.3, -0.25) is 38.8 Å². The van der Waals surface area contributed by atoms with Crippen molar-refractivity contribution in [2.75, 3.05) is 32.8 Å². The first-order chi connectivity index (χ1) is 27.3. The molecule has 1 unspecified atom stereocenters. The fourth-order valence-electron chi connectivity index (χ4n) is 7.12. The van der Waals surface area contributed by atoms with Gasteiger partial charge in [-0.2, -0.15) is 0 Å². The number of rotatable bonds is 11. The smallest absolute Gasteiger partial charge is 0.336 e. The van der Waals surface area contributed by atoms with Crippen molar-refractivity contribution < 1.29 is 28.7 Å². The van der Waals surface area contributed by atoms with E-state index in [0.29, 0.717) is 50.3 Å². The normalized spacial score (nSPS) is 19.9. The summed E-state index contributed by atoms with van der Waals surface area (Å²) < 4.78 is 5.26. The number of esters is 1. The summed E-state index contributed by atoms with van der Waals surface area (Å²) in [6.07, 6.45) is 3.71. The van der Waals surface area contributed by atoms with Gasteiger partial charge in [0.2, 0.25) is 5.91 Å². The van der Waals surface area contributed by atoms with Gasteiger partial charge in [0.1, 0.15) is 12.1 Å². The van der Waals surface area contributed by atoms with Crippen LogP contribution in [0.4, 0.5) is 0 Å². The number of hydrogen-bond donors (Lipinski definition) is 0. The zero-order valence-electron chi connectivity index (χ0n) is 33.4. The van der Waals surface area contributed by atoms with Crippen LogP contribution in [0.3, 0.4) is 0 Å². The molecule has 0 bridgehead atoms. The zero-order valence-corrected chi connectivity index (χ0v) is 33.4. The van der Waals surface area contributed by atoms with Gasteiger partial charge in [0.15, 0.2) is 5.54 Å². The molecule has 2 aliphatic rings. The van der Waals surface area contributed by atoms with Crippen LogP contribution in [0.2, 0.25) is 0 Å². The molecule has 0 aliphatic carbocycles. The van der Waals surface area contributed by atoms with Gasteiger partial charge in [-0.25, -0.2) is 4.79 Å². The highest BCUT2D eigenvalue weighted by Crippen LogP contribution is 2.31. The van der Waals surface area contributed by atoms with Crippen molar-refractivity contribution in [2.45, 2.75) is 58.3 Å². The molecule has 2 fully saturated rings. The van der Waals surface area contributed by atoms with Crippen molar-refractivity contribution in [2.24, 2.45) is 0 Å². The molecule has 4 aromatic carbocycles. The molecule has 0 aromatic heterocycles. The van der Waals surface area contributed by atoms with E-state index in [2.05, 4.69) is 30.2 Å². The minimum atomic E-state index is -1.61. The van der Waals surface area contributed by atoms with Crippen molar-refractivity contribution in [1.29, 1.82) is 0 Å². The number of ether oxygens (including phenoxy) is 1. The SMILES string of the molecule is C=CCOC(=O)C1(C)C(=O)N(C(=O)c2ccc(C)cc2)CCN1Cc1ccccc1.C=CC[C@@]1(C)C(=O)N(C(=O)c2ccc(C)cc2)CCN1Cc1ccccc1. The van der Waals surface area contributed by atoms with Gasteiger partial charge in [0.05, 0.1) is 0 Å². The van der Waals surface area contributed by atoms with Crippen LogP contribution in [-0.2, 0) is 32.2 Å². The zero-order chi connectivity index (χ0) is 41.2. The molecule has 57 heavy (non-hydrogen) atoms. The number of carbonyl (C=O) groups excluding carboxylic acids is 5. The molecule has 2 saturated heterocycles. The molecular formula is C47H52N4O6. The van der Waals surface area contributed by atoms with E-state index in [1.807, 2.05) is 93.6 Å². The molecule has 0 saturated carbocycles. The number of aryl methyl sites for hydroxylation is 2. The highest BCUT2D eigenvalue weighted by molar-refractivity contribution is 6.15. The van der Waals surface area contributed by atoms with Gasteiger partial charge in [-0.05, 0) is 69.5 Å². The fourth-order valence-corrected chi connectivity index (χ4v) is 7.12. The Hall–Kier alpha value is -5.97. The summed E-state index contributed by atoms with van der Waals surface area (Å²) in [6.45, 7) is 17.4. The van der Waals surface area contributed by atoms with Gasteiger partial charge in [0.25, 0.3) is 17.7 Å². The van der Waals surface area contributed by atoms with Crippen LogP contribution in [0.1, 0.15) is 63.2 Å². The molecular weight excluding hydrogens is 717 g/mol. The first-order valence-electron chi connectivity index (χ1n) is 19.2.